The molecule has 0 aliphatic heterocycles. The van der Waals surface area contributed by atoms with Crippen LogP contribution in [0.15, 0.2) is 0 Å². The quantitative estimate of drug-likeness (QED) is 0.368. The van der Waals surface area contributed by atoms with Crippen molar-refractivity contribution < 1.29 is 9.53 Å². The molecule has 0 saturated heterocycles. The first-order valence-electron chi connectivity index (χ1n) is 4.73. The van der Waals surface area contributed by atoms with E-state index in [2.05, 4.69) is 5.43 Å². The number of hydrogen-bond donors (Lipinski definition) is 2. The molecule has 0 aromatic carbocycles. The minimum atomic E-state index is -0.391. The van der Waals surface area contributed by atoms with Crippen LogP contribution in [0, 0.1) is 5.92 Å². The van der Waals surface area contributed by atoms with E-state index in [-0.39, 0.29) is 5.91 Å². The van der Waals surface area contributed by atoms with Gasteiger partial charge in [0, 0.05) is 6.61 Å². The molecule has 0 saturated carbocycles. The van der Waals surface area contributed by atoms with Crippen molar-refractivity contribution in [3.63, 3.8) is 0 Å². The SMILES string of the molecule is CCCC(OCC(C)C)C(=O)NN. The molecular weight excluding hydrogens is 168 g/mol. The van der Waals surface area contributed by atoms with E-state index < -0.39 is 6.10 Å². The number of nitrogens with one attached hydrogen (secondary N) is 1. The number of carbonyl (C=O) groups is 1. The van der Waals surface area contributed by atoms with Crippen LogP contribution in [-0.4, -0.2) is 18.6 Å². The summed E-state index contributed by atoms with van der Waals surface area (Å²) in [7, 11) is 0. The van der Waals surface area contributed by atoms with Gasteiger partial charge in [0.15, 0.2) is 0 Å². The third-order valence-corrected chi connectivity index (χ3v) is 1.62. The maximum atomic E-state index is 11.2. The fourth-order valence-electron chi connectivity index (χ4n) is 0.954. The fraction of sp³-hybridized carbons (Fsp3) is 0.889. The van der Waals surface area contributed by atoms with Crippen LogP contribution in [0.2, 0.25) is 0 Å². The zero-order valence-electron chi connectivity index (χ0n) is 8.67. The molecule has 1 amide bonds. The van der Waals surface area contributed by atoms with Crippen molar-refractivity contribution in [2.45, 2.75) is 39.7 Å². The molecule has 4 heteroatoms. The third kappa shape index (κ3) is 5.60. The van der Waals surface area contributed by atoms with Crippen molar-refractivity contribution in [1.82, 2.24) is 5.43 Å². The summed E-state index contributed by atoms with van der Waals surface area (Å²) in [5.74, 6) is 5.23. The van der Waals surface area contributed by atoms with Crippen LogP contribution in [0.25, 0.3) is 0 Å². The molecule has 0 bridgehead atoms. The summed E-state index contributed by atoms with van der Waals surface area (Å²) in [5.41, 5.74) is 2.11. The number of rotatable bonds is 6. The van der Waals surface area contributed by atoms with Gasteiger partial charge in [-0.2, -0.15) is 0 Å². The van der Waals surface area contributed by atoms with Crippen molar-refractivity contribution >= 4 is 5.91 Å². The molecule has 4 nitrogen and oxygen atoms in total. The zero-order valence-corrected chi connectivity index (χ0v) is 8.67. The topological polar surface area (TPSA) is 64.3 Å². The van der Waals surface area contributed by atoms with Crippen molar-refractivity contribution in [3.8, 4) is 0 Å². The summed E-state index contributed by atoms with van der Waals surface area (Å²) in [5, 5.41) is 0. The van der Waals surface area contributed by atoms with Crippen LogP contribution in [0.5, 0.6) is 0 Å². The predicted molar refractivity (Wildman–Crippen MR) is 51.8 cm³/mol. The third-order valence-electron chi connectivity index (χ3n) is 1.62. The van der Waals surface area contributed by atoms with E-state index in [0.29, 0.717) is 12.5 Å². The van der Waals surface area contributed by atoms with Gasteiger partial charge >= 0.3 is 0 Å². The molecule has 1 unspecified atom stereocenters. The predicted octanol–water partition coefficient (Wildman–Crippen LogP) is 0.818. The lowest BCUT2D eigenvalue weighted by Gasteiger charge is -2.16. The average molecular weight is 188 g/mol. The van der Waals surface area contributed by atoms with Crippen molar-refractivity contribution in [2.75, 3.05) is 6.61 Å². The van der Waals surface area contributed by atoms with Crippen molar-refractivity contribution in [3.05, 3.63) is 0 Å². The number of hydrazine groups is 1. The van der Waals surface area contributed by atoms with Crippen LogP contribution in [0.3, 0.4) is 0 Å². The van der Waals surface area contributed by atoms with Crippen molar-refractivity contribution in [1.29, 1.82) is 0 Å². The van der Waals surface area contributed by atoms with Gasteiger partial charge < -0.3 is 4.74 Å². The van der Waals surface area contributed by atoms with Gasteiger partial charge in [-0.3, -0.25) is 10.2 Å². The Kier molecular flexibility index (Phi) is 6.54. The molecule has 0 aliphatic carbocycles. The molecule has 0 aliphatic rings. The molecule has 3 N–H and O–H groups in total. The Morgan fingerprint density at radius 2 is 2.15 bits per heavy atom. The van der Waals surface area contributed by atoms with Gasteiger partial charge in [-0.05, 0) is 12.3 Å². The van der Waals surface area contributed by atoms with Crippen LogP contribution in [0.4, 0.5) is 0 Å². The molecule has 1 atom stereocenters. The maximum Gasteiger partial charge on any atom is 0.262 e. The smallest absolute Gasteiger partial charge is 0.262 e. The van der Waals surface area contributed by atoms with E-state index in [0.717, 1.165) is 12.8 Å². The Labute approximate surface area is 79.8 Å². The van der Waals surface area contributed by atoms with Crippen LogP contribution in [0.1, 0.15) is 33.6 Å². The van der Waals surface area contributed by atoms with E-state index in [1.807, 2.05) is 20.8 Å². The molecule has 0 fully saturated rings. The minimum absolute atomic E-state index is 0.234. The standard InChI is InChI=1S/C9H20N2O2/c1-4-5-8(9(12)11-10)13-6-7(2)3/h7-8H,4-6,10H2,1-3H3,(H,11,12). The molecule has 0 radical (unpaired) electrons. The average Bonchev–Trinajstić information content (AvgIpc) is 2.10. The highest BCUT2D eigenvalue weighted by molar-refractivity contribution is 5.80. The molecular formula is C9H20N2O2. The lowest BCUT2D eigenvalue weighted by atomic mass is 10.2. The second-order valence-corrected chi connectivity index (χ2v) is 3.51. The van der Waals surface area contributed by atoms with E-state index in [1.54, 1.807) is 0 Å². The van der Waals surface area contributed by atoms with E-state index >= 15 is 0 Å². The first kappa shape index (κ1) is 12.4. The largest absolute Gasteiger partial charge is 0.368 e. The Hall–Kier alpha value is -0.610. The minimum Gasteiger partial charge on any atom is -0.368 e. The highest BCUT2D eigenvalue weighted by atomic mass is 16.5. The summed E-state index contributed by atoms with van der Waals surface area (Å²) >= 11 is 0. The van der Waals surface area contributed by atoms with E-state index in [1.165, 1.54) is 0 Å². The number of amides is 1. The molecule has 13 heavy (non-hydrogen) atoms. The second-order valence-electron chi connectivity index (χ2n) is 3.51. The maximum absolute atomic E-state index is 11.2. The van der Waals surface area contributed by atoms with Gasteiger partial charge in [-0.15, -0.1) is 0 Å². The Bertz CT molecular complexity index is 149. The molecule has 0 spiro atoms. The van der Waals surface area contributed by atoms with Gasteiger partial charge in [0.25, 0.3) is 5.91 Å². The first-order chi connectivity index (χ1) is 6.11. The van der Waals surface area contributed by atoms with Gasteiger partial charge in [0.1, 0.15) is 6.10 Å². The fourth-order valence-corrected chi connectivity index (χ4v) is 0.954. The highest BCUT2D eigenvalue weighted by Gasteiger charge is 2.16. The summed E-state index contributed by atoms with van der Waals surface area (Å²) < 4.78 is 5.40. The Balaban J connectivity index is 3.86. The number of hydrogen-bond acceptors (Lipinski definition) is 3. The summed E-state index contributed by atoms with van der Waals surface area (Å²) in [6, 6.07) is 0. The number of ether oxygens (including phenoxy) is 1. The van der Waals surface area contributed by atoms with Crippen LogP contribution < -0.4 is 11.3 Å². The summed E-state index contributed by atoms with van der Waals surface area (Å²) in [6.07, 6.45) is 1.24. The molecule has 0 aromatic rings. The van der Waals surface area contributed by atoms with Gasteiger partial charge in [-0.1, -0.05) is 27.2 Å². The van der Waals surface area contributed by atoms with Crippen molar-refractivity contribution in [2.24, 2.45) is 11.8 Å². The highest BCUT2D eigenvalue weighted by Crippen LogP contribution is 2.04. The van der Waals surface area contributed by atoms with Crippen LogP contribution >= 0.6 is 0 Å². The molecule has 78 valence electrons. The first-order valence-corrected chi connectivity index (χ1v) is 4.73. The Morgan fingerprint density at radius 1 is 1.54 bits per heavy atom. The normalized spacial score (nSPS) is 13.0. The summed E-state index contributed by atoms with van der Waals surface area (Å²) in [4.78, 5) is 11.2. The van der Waals surface area contributed by atoms with E-state index in [4.69, 9.17) is 10.6 Å². The van der Waals surface area contributed by atoms with E-state index in [9.17, 15) is 4.79 Å². The molecule has 0 aromatic heterocycles. The molecule has 0 heterocycles. The number of nitrogens with two attached hydrogens (primary N) is 1. The van der Waals surface area contributed by atoms with Crippen LogP contribution in [-0.2, 0) is 9.53 Å². The number of carbonyl (C=O) groups excluding carboxylic acids is 1. The zero-order chi connectivity index (χ0) is 10.3. The van der Waals surface area contributed by atoms with Gasteiger partial charge in [0.2, 0.25) is 0 Å². The van der Waals surface area contributed by atoms with Gasteiger partial charge in [0.05, 0.1) is 0 Å². The second kappa shape index (κ2) is 6.86. The monoisotopic (exact) mass is 188 g/mol. The Morgan fingerprint density at radius 3 is 2.54 bits per heavy atom. The van der Waals surface area contributed by atoms with Gasteiger partial charge in [-0.25, -0.2) is 5.84 Å². The molecule has 0 rings (SSSR count). The lowest BCUT2D eigenvalue weighted by Crippen LogP contribution is -2.40. The lowest BCUT2D eigenvalue weighted by molar-refractivity contribution is -0.134. The summed E-state index contributed by atoms with van der Waals surface area (Å²) in [6.45, 7) is 6.69.